The predicted molar refractivity (Wildman–Crippen MR) is 105 cm³/mol. The number of carbonyl (C=O) groups is 1. The van der Waals surface area contributed by atoms with Crippen molar-refractivity contribution in [3.8, 4) is 23.0 Å². The molecule has 3 rings (SSSR count). The van der Waals surface area contributed by atoms with Gasteiger partial charge in [0.1, 0.15) is 13.2 Å². The standard InChI is InChI=1S/C18H17Br2NO5/c1-3-24-17-12(20)6-10(7-16(17)23-2)18(22)21-13-9-15-14(8-11(13)19)25-4-5-26-15/h6-9H,3-5H2,1-2H3,(H,21,22). The summed E-state index contributed by atoms with van der Waals surface area (Å²) in [5.74, 6) is 2.00. The molecule has 0 aromatic heterocycles. The van der Waals surface area contributed by atoms with Gasteiger partial charge in [-0.2, -0.15) is 0 Å². The molecule has 1 aliphatic heterocycles. The molecule has 0 atom stereocenters. The Labute approximate surface area is 168 Å². The summed E-state index contributed by atoms with van der Waals surface area (Å²) >= 11 is 6.87. The van der Waals surface area contributed by atoms with Crippen LogP contribution in [0, 0.1) is 0 Å². The topological polar surface area (TPSA) is 66.0 Å². The Bertz CT molecular complexity index is 841. The molecule has 26 heavy (non-hydrogen) atoms. The van der Waals surface area contributed by atoms with Crippen molar-refractivity contribution >= 4 is 43.5 Å². The molecule has 8 heteroatoms. The fraction of sp³-hybridized carbons (Fsp3) is 0.278. The van der Waals surface area contributed by atoms with Gasteiger partial charge in [-0.05, 0) is 50.9 Å². The molecule has 1 amide bonds. The average Bonchev–Trinajstić information content (AvgIpc) is 2.63. The van der Waals surface area contributed by atoms with Crippen LogP contribution in [0.5, 0.6) is 23.0 Å². The summed E-state index contributed by atoms with van der Waals surface area (Å²) in [4.78, 5) is 12.7. The number of fused-ring (bicyclic) bond motifs is 1. The molecule has 1 N–H and O–H groups in total. The van der Waals surface area contributed by atoms with Crippen LogP contribution in [0.25, 0.3) is 0 Å². The zero-order valence-electron chi connectivity index (χ0n) is 14.2. The largest absolute Gasteiger partial charge is 0.493 e. The van der Waals surface area contributed by atoms with E-state index in [-0.39, 0.29) is 5.91 Å². The van der Waals surface area contributed by atoms with Crippen molar-refractivity contribution in [2.75, 3.05) is 32.2 Å². The second-order valence-electron chi connectivity index (χ2n) is 5.35. The summed E-state index contributed by atoms with van der Waals surface area (Å²) in [6, 6.07) is 6.84. The van der Waals surface area contributed by atoms with Gasteiger partial charge in [-0.25, -0.2) is 0 Å². The van der Waals surface area contributed by atoms with Crippen molar-refractivity contribution in [1.29, 1.82) is 0 Å². The van der Waals surface area contributed by atoms with Gasteiger partial charge < -0.3 is 24.3 Å². The summed E-state index contributed by atoms with van der Waals surface area (Å²) in [5, 5.41) is 2.87. The summed E-state index contributed by atoms with van der Waals surface area (Å²) < 4.78 is 23.3. The highest BCUT2D eigenvalue weighted by molar-refractivity contribution is 9.11. The third-order valence-corrected chi connectivity index (χ3v) is 4.91. The van der Waals surface area contributed by atoms with Gasteiger partial charge in [0.25, 0.3) is 5.91 Å². The van der Waals surface area contributed by atoms with Crippen LogP contribution in [0.1, 0.15) is 17.3 Å². The number of anilines is 1. The molecule has 0 radical (unpaired) electrons. The Hall–Kier alpha value is -1.93. The molecule has 1 heterocycles. The van der Waals surface area contributed by atoms with Crippen molar-refractivity contribution in [3.63, 3.8) is 0 Å². The lowest BCUT2D eigenvalue weighted by molar-refractivity contribution is 0.102. The molecule has 138 valence electrons. The lowest BCUT2D eigenvalue weighted by Gasteiger charge is -2.20. The van der Waals surface area contributed by atoms with E-state index in [1.165, 1.54) is 7.11 Å². The molecule has 0 saturated carbocycles. The van der Waals surface area contributed by atoms with Crippen LogP contribution in [0.2, 0.25) is 0 Å². The number of nitrogens with one attached hydrogen (secondary N) is 1. The van der Waals surface area contributed by atoms with E-state index in [0.29, 0.717) is 63.0 Å². The first kappa shape index (κ1) is 18.8. The second kappa shape index (κ2) is 8.18. The number of amides is 1. The first-order valence-electron chi connectivity index (χ1n) is 7.94. The van der Waals surface area contributed by atoms with Crippen LogP contribution in [-0.4, -0.2) is 32.8 Å². The monoisotopic (exact) mass is 485 g/mol. The Morgan fingerprint density at radius 3 is 2.46 bits per heavy atom. The summed E-state index contributed by atoms with van der Waals surface area (Å²) in [5.41, 5.74) is 1.02. The molecule has 0 saturated heterocycles. The fourth-order valence-electron chi connectivity index (χ4n) is 2.49. The van der Waals surface area contributed by atoms with Crippen LogP contribution in [0.3, 0.4) is 0 Å². The highest BCUT2D eigenvalue weighted by Gasteiger charge is 2.19. The number of hydrogen-bond donors (Lipinski definition) is 1. The maximum absolute atomic E-state index is 12.7. The molecular formula is C18H17Br2NO5. The lowest BCUT2D eigenvalue weighted by Crippen LogP contribution is -2.17. The van der Waals surface area contributed by atoms with Crippen LogP contribution >= 0.6 is 31.9 Å². The van der Waals surface area contributed by atoms with E-state index >= 15 is 0 Å². The molecular weight excluding hydrogens is 470 g/mol. The molecule has 0 unspecified atom stereocenters. The van der Waals surface area contributed by atoms with Gasteiger partial charge in [-0.15, -0.1) is 0 Å². The zero-order valence-corrected chi connectivity index (χ0v) is 17.4. The van der Waals surface area contributed by atoms with Crippen LogP contribution in [-0.2, 0) is 0 Å². The van der Waals surface area contributed by atoms with Crippen molar-refractivity contribution < 1.29 is 23.7 Å². The minimum absolute atomic E-state index is 0.288. The van der Waals surface area contributed by atoms with Gasteiger partial charge in [0.2, 0.25) is 0 Å². The minimum atomic E-state index is -0.288. The molecule has 6 nitrogen and oxygen atoms in total. The van der Waals surface area contributed by atoms with Crippen LogP contribution < -0.4 is 24.3 Å². The number of methoxy groups -OCH3 is 1. The third-order valence-electron chi connectivity index (χ3n) is 3.66. The van der Waals surface area contributed by atoms with E-state index in [1.54, 1.807) is 24.3 Å². The normalized spacial score (nSPS) is 12.5. The van der Waals surface area contributed by atoms with E-state index in [4.69, 9.17) is 18.9 Å². The Balaban J connectivity index is 1.87. The summed E-state index contributed by atoms with van der Waals surface area (Å²) in [6.07, 6.45) is 0. The molecule has 1 aliphatic rings. The number of ether oxygens (including phenoxy) is 4. The minimum Gasteiger partial charge on any atom is -0.493 e. The first-order valence-corrected chi connectivity index (χ1v) is 9.53. The Morgan fingerprint density at radius 1 is 1.12 bits per heavy atom. The predicted octanol–water partition coefficient (Wildman–Crippen LogP) is 4.64. The average molecular weight is 487 g/mol. The van der Waals surface area contributed by atoms with E-state index in [1.807, 2.05) is 6.92 Å². The first-order chi connectivity index (χ1) is 12.5. The van der Waals surface area contributed by atoms with Crippen molar-refractivity contribution in [1.82, 2.24) is 0 Å². The Kier molecular flexibility index (Phi) is 5.93. The molecule has 0 spiro atoms. The van der Waals surface area contributed by atoms with Crippen molar-refractivity contribution in [3.05, 3.63) is 38.8 Å². The summed E-state index contributed by atoms with van der Waals surface area (Å²) in [6.45, 7) is 3.35. The van der Waals surface area contributed by atoms with Crippen molar-refractivity contribution in [2.45, 2.75) is 6.92 Å². The molecule has 0 bridgehead atoms. The van der Waals surface area contributed by atoms with Gasteiger partial charge >= 0.3 is 0 Å². The maximum Gasteiger partial charge on any atom is 0.255 e. The van der Waals surface area contributed by atoms with E-state index < -0.39 is 0 Å². The second-order valence-corrected chi connectivity index (χ2v) is 7.06. The van der Waals surface area contributed by atoms with E-state index in [9.17, 15) is 4.79 Å². The number of carbonyl (C=O) groups excluding carboxylic acids is 1. The summed E-state index contributed by atoms with van der Waals surface area (Å²) in [7, 11) is 1.53. The zero-order chi connectivity index (χ0) is 18.7. The number of hydrogen-bond acceptors (Lipinski definition) is 5. The number of rotatable bonds is 5. The number of halogens is 2. The molecule has 0 aliphatic carbocycles. The van der Waals surface area contributed by atoms with Gasteiger partial charge in [-0.3, -0.25) is 4.79 Å². The van der Waals surface area contributed by atoms with E-state index in [0.717, 1.165) is 0 Å². The van der Waals surface area contributed by atoms with Gasteiger partial charge in [0, 0.05) is 22.2 Å². The smallest absolute Gasteiger partial charge is 0.255 e. The molecule has 2 aromatic carbocycles. The van der Waals surface area contributed by atoms with E-state index in [2.05, 4.69) is 37.2 Å². The van der Waals surface area contributed by atoms with Gasteiger partial charge in [0.15, 0.2) is 23.0 Å². The van der Waals surface area contributed by atoms with Gasteiger partial charge in [-0.1, -0.05) is 0 Å². The van der Waals surface area contributed by atoms with Crippen molar-refractivity contribution in [2.24, 2.45) is 0 Å². The molecule has 2 aromatic rings. The maximum atomic E-state index is 12.7. The SMILES string of the molecule is CCOc1c(Br)cc(C(=O)Nc2cc3c(cc2Br)OCCO3)cc1OC. The lowest BCUT2D eigenvalue weighted by atomic mass is 10.1. The Morgan fingerprint density at radius 2 is 1.81 bits per heavy atom. The van der Waals surface area contributed by atoms with Crippen LogP contribution in [0.15, 0.2) is 33.2 Å². The number of benzene rings is 2. The highest BCUT2D eigenvalue weighted by Crippen LogP contribution is 2.39. The quantitative estimate of drug-likeness (QED) is 0.666. The van der Waals surface area contributed by atoms with Crippen LogP contribution in [0.4, 0.5) is 5.69 Å². The fourth-order valence-corrected chi connectivity index (χ4v) is 3.47. The highest BCUT2D eigenvalue weighted by atomic mass is 79.9. The van der Waals surface area contributed by atoms with Gasteiger partial charge in [0.05, 0.1) is 23.9 Å². The third kappa shape index (κ3) is 3.91. The molecule has 0 fully saturated rings.